The van der Waals surface area contributed by atoms with Gasteiger partial charge in [-0.05, 0) is 19.8 Å². The minimum Gasteiger partial charge on any atom is -0.396 e. The van der Waals surface area contributed by atoms with Crippen molar-refractivity contribution in [3.8, 4) is 0 Å². The molecule has 5 nitrogen and oxygen atoms in total. The third-order valence-electron chi connectivity index (χ3n) is 3.16. The average molecular weight is 213 g/mol. The van der Waals surface area contributed by atoms with Gasteiger partial charge in [-0.3, -0.25) is 14.9 Å². The van der Waals surface area contributed by atoms with Crippen molar-refractivity contribution in [2.75, 3.05) is 6.61 Å². The third-order valence-corrected chi connectivity index (χ3v) is 3.16. The van der Waals surface area contributed by atoms with Crippen molar-refractivity contribution >= 4 is 11.8 Å². The Hall–Kier alpha value is -0.940. The summed E-state index contributed by atoms with van der Waals surface area (Å²) in [4.78, 5) is 22.5. The summed E-state index contributed by atoms with van der Waals surface area (Å²) in [6.45, 7) is 1.92. The highest BCUT2D eigenvalue weighted by Crippen LogP contribution is 2.47. The number of ether oxygens (including phenoxy) is 1. The van der Waals surface area contributed by atoms with Gasteiger partial charge in [0, 0.05) is 19.4 Å². The van der Waals surface area contributed by atoms with E-state index >= 15 is 0 Å². The summed E-state index contributed by atoms with van der Waals surface area (Å²) in [5.74, 6) is -0.556. The molecule has 0 bridgehead atoms. The van der Waals surface area contributed by atoms with Crippen LogP contribution >= 0.6 is 0 Å². The van der Waals surface area contributed by atoms with E-state index in [-0.39, 0.29) is 18.4 Å². The van der Waals surface area contributed by atoms with Gasteiger partial charge in [-0.15, -0.1) is 0 Å². The van der Waals surface area contributed by atoms with Crippen LogP contribution in [0.1, 0.15) is 32.6 Å². The summed E-state index contributed by atoms with van der Waals surface area (Å²) >= 11 is 0. The highest BCUT2D eigenvalue weighted by Gasteiger charge is 2.59. The first-order valence-electron chi connectivity index (χ1n) is 5.15. The summed E-state index contributed by atoms with van der Waals surface area (Å²) in [6.07, 6.45) is 1.90. The topological polar surface area (TPSA) is 75.6 Å². The van der Waals surface area contributed by atoms with E-state index in [0.717, 1.165) is 0 Å². The number of aliphatic hydroxyl groups excluding tert-OH is 1. The van der Waals surface area contributed by atoms with Crippen LogP contribution in [-0.2, 0) is 14.3 Å². The Bertz CT molecular complexity index is 307. The molecule has 0 aromatic heterocycles. The number of piperidine rings is 1. The molecule has 2 N–H and O–H groups in total. The van der Waals surface area contributed by atoms with Gasteiger partial charge in [-0.1, -0.05) is 0 Å². The molecule has 2 rings (SSSR count). The molecule has 2 heterocycles. The molecule has 2 amide bonds. The first-order chi connectivity index (χ1) is 7.00. The molecule has 2 aliphatic rings. The van der Waals surface area contributed by atoms with Gasteiger partial charge in [-0.25, -0.2) is 0 Å². The van der Waals surface area contributed by atoms with E-state index in [2.05, 4.69) is 5.32 Å². The Morgan fingerprint density at radius 2 is 2.20 bits per heavy atom. The molecule has 0 radical (unpaired) electrons. The van der Waals surface area contributed by atoms with E-state index in [4.69, 9.17) is 9.84 Å². The van der Waals surface area contributed by atoms with Crippen molar-refractivity contribution in [2.24, 2.45) is 0 Å². The van der Waals surface area contributed by atoms with E-state index in [1.807, 2.05) is 6.92 Å². The van der Waals surface area contributed by atoms with Crippen LogP contribution in [0.2, 0.25) is 0 Å². The molecule has 15 heavy (non-hydrogen) atoms. The second-order valence-electron chi connectivity index (χ2n) is 4.57. The van der Waals surface area contributed by atoms with Crippen molar-refractivity contribution in [2.45, 2.75) is 43.8 Å². The minimum absolute atomic E-state index is 0.0487. The van der Waals surface area contributed by atoms with Gasteiger partial charge in [0.2, 0.25) is 5.91 Å². The van der Waals surface area contributed by atoms with Crippen LogP contribution < -0.4 is 5.32 Å². The highest BCUT2D eigenvalue weighted by molar-refractivity contribution is 6.02. The number of carbonyl (C=O) groups is 2. The largest absolute Gasteiger partial charge is 0.396 e. The minimum atomic E-state index is -0.808. The zero-order chi connectivity index (χ0) is 11.1. The van der Waals surface area contributed by atoms with Crippen LogP contribution in [0.15, 0.2) is 0 Å². The van der Waals surface area contributed by atoms with Crippen LogP contribution in [-0.4, -0.2) is 34.7 Å². The van der Waals surface area contributed by atoms with Gasteiger partial charge >= 0.3 is 0 Å². The van der Waals surface area contributed by atoms with Crippen molar-refractivity contribution in [1.82, 2.24) is 5.32 Å². The van der Waals surface area contributed by atoms with Gasteiger partial charge in [-0.2, -0.15) is 0 Å². The van der Waals surface area contributed by atoms with Crippen LogP contribution in [0.25, 0.3) is 0 Å². The summed E-state index contributed by atoms with van der Waals surface area (Å²) in [5.41, 5.74) is -1.22. The van der Waals surface area contributed by atoms with E-state index in [1.54, 1.807) is 0 Å². The lowest BCUT2D eigenvalue weighted by Crippen LogP contribution is -2.68. The predicted molar refractivity (Wildman–Crippen MR) is 50.9 cm³/mol. The number of amides is 2. The first kappa shape index (κ1) is 10.6. The summed E-state index contributed by atoms with van der Waals surface area (Å²) in [5, 5.41) is 11.1. The number of carbonyl (C=O) groups excluding carboxylic acids is 2. The number of nitrogens with one attached hydrogen (secondary N) is 1. The fraction of sp³-hybridized carbons (Fsp3) is 0.800. The lowest BCUT2D eigenvalue weighted by atomic mass is 9.74. The fourth-order valence-electron chi connectivity index (χ4n) is 2.44. The van der Waals surface area contributed by atoms with E-state index in [1.165, 1.54) is 0 Å². The van der Waals surface area contributed by atoms with Crippen LogP contribution in [0.4, 0.5) is 0 Å². The molecule has 0 aromatic carbocycles. The Kier molecular flexibility index (Phi) is 2.31. The van der Waals surface area contributed by atoms with Gasteiger partial charge in [0.25, 0.3) is 5.91 Å². The SMILES string of the molecule is CC1(CCO)CC2(CCC(=O)NC2=O)O1. The molecular weight excluding hydrogens is 198 g/mol. The molecule has 2 unspecified atom stereocenters. The average Bonchev–Trinajstić information content (AvgIpc) is 2.09. The predicted octanol–water partition coefficient (Wildman–Crippen LogP) is -0.277. The monoisotopic (exact) mass is 213 g/mol. The number of hydrogen-bond acceptors (Lipinski definition) is 4. The summed E-state index contributed by atoms with van der Waals surface area (Å²) < 4.78 is 5.63. The van der Waals surface area contributed by atoms with Crippen LogP contribution in [0.3, 0.4) is 0 Å². The Morgan fingerprint density at radius 1 is 1.53 bits per heavy atom. The molecule has 0 aliphatic carbocycles. The highest BCUT2D eigenvalue weighted by atomic mass is 16.6. The Morgan fingerprint density at radius 3 is 2.73 bits per heavy atom. The Labute approximate surface area is 87.8 Å². The quantitative estimate of drug-likeness (QED) is 0.619. The third kappa shape index (κ3) is 1.66. The normalized spacial score (nSPS) is 40.1. The molecular formula is C10H15NO4. The fourth-order valence-corrected chi connectivity index (χ4v) is 2.44. The smallest absolute Gasteiger partial charge is 0.258 e. The molecule has 0 saturated carbocycles. The second-order valence-corrected chi connectivity index (χ2v) is 4.57. The van der Waals surface area contributed by atoms with Gasteiger partial charge in [0.15, 0.2) is 5.60 Å². The van der Waals surface area contributed by atoms with Crippen LogP contribution in [0, 0.1) is 0 Å². The molecule has 2 fully saturated rings. The molecule has 2 aliphatic heterocycles. The lowest BCUT2D eigenvalue weighted by Gasteiger charge is -2.54. The number of hydrogen-bond donors (Lipinski definition) is 2. The second kappa shape index (κ2) is 3.28. The maximum atomic E-state index is 11.6. The number of imide groups is 1. The van der Waals surface area contributed by atoms with Gasteiger partial charge in [0.1, 0.15) is 0 Å². The van der Waals surface area contributed by atoms with Crippen molar-refractivity contribution in [3.05, 3.63) is 0 Å². The van der Waals surface area contributed by atoms with E-state index in [0.29, 0.717) is 25.7 Å². The molecule has 2 saturated heterocycles. The number of aliphatic hydroxyl groups is 1. The van der Waals surface area contributed by atoms with Crippen molar-refractivity contribution < 1.29 is 19.4 Å². The zero-order valence-electron chi connectivity index (χ0n) is 8.71. The zero-order valence-corrected chi connectivity index (χ0v) is 8.71. The maximum absolute atomic E-state index is 11.6. The summed E-state index contributed by atoms with van der Waals surface area (Å²) in [6, 6.07) is 0. The molecule has 5 heteroatoms. The Balaban J connectivity index is 2.01. The van der Waals surface area contributed by atoms with E-state index < -0.39 is 11.2 Å². The van der Waals surface area contributed by atoms with Crippen molar-refractivity contribution in [3.63, 3.8) is 0 Å². The standard InChI is InChI=1S/C10H15NO4/c1-9(4-5-12)6-10(15-9)3-2-7(13)11-8(10)14/h12H,2-6H2,1H3,(H,11,13,14). The molecule has 84 valence electrons. The summed E-state index contributed by atoms with van der Waals surface area (Å²) in [7, 11) is 0. The van der Waals surface area contributed by atoms with Crippen LogP contribution in [0.5, 0.6) is 0 Å². The first-order valence-corrected chi connectivity index (χ1v) is 5.15. The maximum Gasteiger partial charge on any atom is 0.258 e. The lowest BCUT2D eigenvalue weighted by molar-refractivity contribution is -0.264. The number of rotatable bonds is 2. The molecule has 2 atom stereocenters. The van der Waals surface area contributed by atoms with Crippen molar-refractivity contribution in [1.29, 1.82) is 0 Å². The van der Waals surface area contributed by atoms with E-state index in [9.17, 15) is 9.59 Å². The molecule has 1 spiro atoms. The molecule has 0 aromatic rings. The van der Waals surface area contributed by atoms with Gasteiger partial charge < -0.3 is 9.84 Å². The van der Waals surface area contributed by atoms with Gasteiger partial charge in [0.05, 0.1) is 5.60 Å².